The van der Waals surface area contributed by atoms with Crippen molar-refractivity contribution in [2.24, 2.45) is 5.73 Å². The third-order valence-electron chi connectivity index (χ3n) is 2.93. The Balaban J connectivity index is 0.000000171. The van der Waals surface area contributed by atoms with Crippen LogP contribution in [0.1, 0.15) is 6.92 Å². The zero-order valence-electron chi connectivity index (χ0n) is 10.6. The number of primary amides is 1. The number of nitrogens with zero attached hydrogens (tertiary/aromatic N) is 2. The van der Waals surface area contributed by atoms with Gasteiger partial charge in [-0.2, -0.15) is 0 Å². The first-order chi connectivity index (χ1) is 8.11. The number of urea groups is 1. The SMILES string of the molecule is CC1CNCCN1C.NC(=O)N1C=CC=CC1. The van der Waals surface area contributed by atoms with Gasteiger partial charge in [-0.25, -0.2) is 4.79 Å². The predicted molar refractivity (Wildman–Crippen MR) is 69.5 cm³/mol. The number of carbonyl (C=O) groups excluding carboxylic acids is 1. The van der Waals surface area contributed by atoms with Crippen LogP contribution >= 0.6 is 0 Å². The lowest BCUT2D eigenvalue weighted by Gasteiger charge is -2.29. The van der Waals surface area contributed by atoms with Crippen LogP contribution in [0.3, 0.4) is 0 Å². The van der Waals surface area contributed by atoms with Crippen molar-refractivity contribution in [1.82, 2.24) is 15.1 Å². The van der Waals surface area contributed by atoms with Crippen LogP contribution in [-0.4, -0.2) is 55.1 Å². The molecule has 0 aromatic heterocycles. The molecule has 2 aliphatic rings. The van der Waals surface area contributed by atoms with Crippen LogP contribution in [0.2, 0.25) is 0 Å². The van der Waals surface area contributed by atoms with Crippen molar-refractivity contribution in [3.63, 3.8) is 0 Å². The average Bonchev–Trinajstić information content (AvgIpc) is 2.35. The van der Waals surface area contributed by atoms with Crippen molar-refractivity contribution in [1.29, 1.82) is 0 Å². The van der Waals surface area contributed by atoms with Gasteiger partial charge in [0.15, 0.2) is 0 Å². The van der Waals surface area contributed by atoms with Crippen molar-refractivity contribution >= 4 is 6.03 Å². The Bertz CT molecular complexity index is 291. The highest BCUT2D eigenvalue weighted by molar-refractivity contribution is 5.73. The maximum absolute atomic E-state index is 10.4. The third-order valence-corrected chi connectivity index (χ3v) is 2.93. The van der Waals surface area contributed by atoms with E-state index >= 15 is 0 Å². The fraction of sp³-hybridized carbons (Fsp3) is 0.583. The Morgan fingerprint density at radius 3 is 2.59 bits per heavy atom. The van der Waals surface area contributed by atoms with Crippen LogP contribution in [0.25, 0.3) is 0 Å². The number of allylic oxidation sites excluding steroid dienone is 2. The van der Waals surface area contributed by atoms with E-state index in [1.165, 1.54) is 11.4 Å². The number of nitrogens with two attached hydrogens (primary N) is 1. The van der Waals surface area contributed by atoms with Crippen LogP contribution in [0.5, 0.6) is 0 Å². The largest absolute Gasteiger partial charge is 0.351 e. The minimum atomic E-state index is -0.407. The molecule has 2 amide bonds. The van der Waals surface area contributed by atoms with Gasteiger partial charge in [0.1, 0.15) is 0 Å². The minimum Gasteiger partial charge on any atom is -0.351 e. The lowest BCUT2D eigenvalue weighted by atomic mass is 10.2. The molecule has 1 unspecified atom stereocenters. The molecule has 0 spiro atoms. The second-order valence-corrected chi connectivity index (χ2v) is 4.29. The summed E-state index contributed by atoms with van der Waals surface area (Å²) in [6.45, 7) is 6.33. The van der Waals surface area contributed by atoms with Crippen molar-refractivity contribution in [3.8, 4) is 0 Å². The smallest absolute Gasteiger partial charge is 0.319 e. The molecule has 0 aromatic carbocycles. The molecule has 0 saturated carbocycles. The number of nitrogens with one attached hydrogen (secondary N) is 1. The summed E-state index contributed by atoms with van der Waals surface area (Å²) < 4.78 is 0. The summed E-state index contributed by atoms with van der Waals surface area (Å²) in [4.78, 5) is 14.2. The van der Waals surface area contributed by atoms with Gasteiger partial charge in [0, 0.05) is 38.4 Å². The minimum absolute atomic E-state index is 0.407. The fourth-order valence-electron chi connectivity index (χ4n) is 1.57. The van der Waals surface area contributed by atoms with Gasteiger partial charge in [-0.05, 0) is 20.0 Å². The van der Waals surface area contributed by atoms with Gasteiger partial charge in [0.05, 0.1) is 0 Å². The summed E-state index contributed by atoms with van der Waals surface area (Å²) in [5, 5.41) is 3.32. The number of hydrogen-bond acceptors (Lipinski definition) is 3. The number of piperazine rings is 1. The highest BCUT2D eigenvalue weighted by atomic mass is 16.2. The van der Waals surface area contributed by atoms with E-state index in [0.29, 0.717) is 6.54 Å². The molecule has 0 aliphatic carbocycles. The zero-order chi connectivity index (χ0) is 12.7. The molecule has 1 fully saturated rings. The maximum atomic E-state index is 10.4. The average molecular weight is 238 g/mol. The Labute approximate surface area is 103 Å². The highest BCUT2D eigenvalue weighted by Crippen LogP contribution is 1.96. The second-order valence-electron chi connectivity index (χ2n) is 4.29. The topological polar surface area (TPSA) is 61.6 Å². The van der Waals surface area contributed by atoms with Crippen molar-refractivity contribution < 1.29 is 4.79 Å². The molecular weight excluding hydrogens is 216 g/mol. The summed E-state index contributed by atoms with van der Waals surface area (Å²) in [6, 6.07) is 0.319. The van der Waals surface area contributed by atoms with Crippen LogP contribution < -0.4 is 11.1 Å². The van der Waals surface area contributed by atoms with Gasteiger partial charge in [0.25, 0.3) is 0 Å². The normalized spacial score (nSPS) is 24.1. The first kappa shape index (κ1) is 13.7. The summed E-state index contributed by atoms with van der Waals surface area (Å²) in [5.41, 5.74) is 4.97. The second kappa shape index (κ2) is 7.09. The molecule has 1 atom stereocenters. The molecule has 0 aromatic rings. The molecule has 0 radical (unpaired) electrons. The number of carbonyl (C=O) groups is 1. The van der Waals surface area contributed by atoms with Gasteiger partial charge in [-0.15, -0.1) is 0 Å². The van der Waals surface area contributed by atoms with E-state index in [0.717, 1.165) is 19.1 Å². The van der Waals surface area contributed by atoms with Crippen molar-refractivity contribution in [2.45, 2.75) is 13.0 Å². The first-order valence-electron chi connectivity index (χ1n) is 5.91. The lowest BCUT2D eigenvalue weighted by molar-refractivity contribution is 0.215. The summed E-state index contributed by atoms with van der Waals surface area (Å²) in [6.07, 6.45) is 7.17. The van der Waals surface area contributed by atoms with Gasteiger partial charge >= 0.3 is 6.03 Å². The molecular formula is C12H22N4O. The fourth-order valence-corrected chi connectivity index (χ4v) is 1.57. The Morgan fingerprint density at radius 1 is 1.47 bits per heavy atom. The first-order valence-corrected chi connectivity index (χ1v) is 5.91. The van der Waals surface area contributed by atoms with E-state index < -0.39 is 6.03 Å². The molecule has 1 saturated heterocycles. The molecule has 2 rings (SSSR count). The third kappa shape index (κ3) is 5.01. The summed E-state index contributed by atoms with van der Waals surface area (Å²) in [5.74, 6) is 0. The van der Waals surface area contributed by atoms with Crippen LogP contribution in [0.15, 0.2) is 24.4 Å². The van der Waals surface area contributed by atoms with Gasteiger partial charge < -0.3 is 16.0 Å². The maximum Gasteiger partial charge on any atom is 0.319 e. The monoisotopic (exact) mass is 238 g/mol. The van der Waals surface area contributed by atoms with Crippen molar-refractivity contribution in [3.05, 3.63) is 24.4 Å². The quantitative estimate of drug-likeness (QED) is 0.640. The molecule has 17 heavy (non-hydrogen) atoms. The molecule has 2 aliphatic heterocycles. The Kier molecular flexibility index (Phi) is 5.72. The molecule has 2 heterocycles. The van der Waals surface area contributed by atoms with Gasteiger partial charge in [0.2, 0.25) is 0 Å². The van der Waals surface area contributed by atoms with Gasteiger partial charge in [-0.1, -0.05) is 12.2 Å². The van der Waals surface area contributed by atoms with E-state index in [1.54, 1.807) is 12.3 Å². The number of likely N-dealkylation sites (N-methyl/N-ethyl adjacent to an activating group) is 1. The zero-order valence-corrected chi connectivity index (χ0v) is 10.6. The number of amides is 2. The van der Waals surface area contributed by atoms with E-state index in [2.05, 4.69) is 24.2 Å². The molecule has 3 N–H and O–H groups in total. The molecule has 5 heteroatoms. The summed E-state index contributed by atoms with van der Waals surface area (Å²) >= 11 is 0. The summed E-state index contributed by atoms with van der Waals surface area (Å²) in [7, 11) is 2.17. The molecule has 5 nitrogen and oxygen atoms in total. The lowest BCUT2D eigenvalue weighted by Crippen LogP contribution is -2.47. The van der Waals surface area contributed by atoms with E-state index in [4.69, 9.17) is 5.73 Å². The van der Waals surface area contributed by atoms with Crippen LogP contribution in [0, 0.1) is 0 Å². The number of hydrogen-bond donors (Lipinski definition) is 2. The number of rotatable bonds is 0. The van der Waals surface area contributed by atoms with E-state index in [9.17, 15) is 4.79 Å². The van der Waals surface area contributed by atoms with Gasteiger partial charge in [-0.3, -0.25) is 4.90 Å². The Morgan fingerprint density at radius 2 is 2.24 bits per heavy atom. The van der Waals surface area contributed by atoms with Crippen LogP contribution in [-0.2, 0) is 0 Å². The standard InChI is InChI=1S/C6H8N2O.C6H14N2/c7-6(9)8-4-2-1-3-5-8;1-6-5-7-3-4-8(6)2/h1-4H,5H2,(H2,7,9);6-7H,3-5H2,1-2H3. The predicted octanol–water partition coefficient (Wildman–Crippen LogP) is 0.361. The van der Waals surface area contributed by atoms with E-state index in [-0.39, 0.29) is 0 Å². The molecule has 0 bridgehead atoms. The van der Waals surface area contributed by atoms with Crippen LogP contribution in [0.4, 0.5) is 4.79 Å². The van der Waals surface area contributed by atoms with E-state index in [1.807, 2.05) is 12.2 Å². The highest BCUT2D eigenvalue weighted by Gasteiger charge is 2.11. The van der Waals surface area contributed by atoms with Crippen molar-refractivity contribution in [2.75, 3.05) is 33.2 Å². The molecule has 96 valence electrons. The Hall–Kier alpha value is -1.33.